The molecule has 0 aliphatic carbocycles. The predicted octanol–water partition coefficient (Wildman–Crippen LogP) is 3.31. The van der Waals surface area contributed by atoms with Crippen LogP contribution in [0.2, 0.25) is 0 Å². The van der Waals surface area contributed by atoms with Gasteiger partial charge in [0.05, 0.1) is 6.61 Å². The van der Waals surface area contributed by atoms with Gasteiger partial charge in [-0.3, -0.25) is 0 Å². The minimum Gasteiger partial charge on any atom is -0.454 e. The second-order valence-electron chi connectivity index (χ2n) is 4.79. The van der Waals surface area contributed by atoms with E-state index in [9.17, 15) is 4.39 Å². The van der Waals surface area contributed by atoms with Crippen LogP contribution in [-0.4, -0.2) is 20.3 Å². The highest BCUT2D eigenvalue weighted by Gasteiger charge is 2.06. The minimum absolute atomic E-state index is 0.223. The Morgan fingerprint density at radius 1 is 1.00 bits per heavy atom. The third-order valence-electron chi connectivity index (χ3n) is 3.18. The fraction of sp³-hybridized carbons (Fsp3) is 0.294. The van der Waals surface area contributed by atoms with E-state index in [2.05, 4.69) is 0 Å². The Kier molecular flexibility index (Phi) is 5.72. The zero-order valence-corrected chi connectivity index (χ0v) is 12.1. The van der Waals surface area contributed by atoms with Crippen LogP contribution >= 0.6 is 0 Å². The van der Waals surface area contributed by atoms with Gasteiger partial charge in [-0.2, -0.15) is 0 Å². The first-order valence-corrected chi connectivity index (χ1v) is 6.97. The Morgan fingerprint density at radius 2 is 1.71 bits per heavy atom. The minimum atomic E-state index is -0.371. The second kappa shape index (κ2) is 7.76. The molecule has 4 heteroatoms. The number of hydrogen-bond acceptors (Lipinski definition) is 3. The number of rotatable bonds is 7. The molecule has 0 amide bonds. The van der Waals surface area contributed by atoms with E-state index in [1.165, 1.54) is 6.07 Å². The molecular weight excluding hydrogens is 269 g/mol. The van der Waals surface area contributed by atoms with Crippen molar-refractivity contribution < 1.29 is 13.9 Å². The molecule has 0 fully saturated rings. The van der Waals surface area contributed by atoms with E-state index in [0.717, 1.165) is 17.5 Å². The third-order valence-corrected chi connectivity index (χ3v) is 3.18. The van der Waals surface area contributed by atoms with Crippen molar-refractivity contribution in [1.29, 1.82) is 0 Å². The highest BCUT2D eigenvalue weighted by Crippen LogP contribution is 2.25. The molecule has 0 saturated carbocycles. The monoisotopic (exact) mass is 289 g/mol. The van der Waals surface area contributed by atoms with Gasteiger partial charge in [0.25, 0.3) is 0 Å². The Bertz CT molecular complexity index is 570. The van der Waals surface area contributed by atoms with E-state index in [1.807, 2.05) is 30.3 Å². The summed E-state index contributed by atoms with van der Waals surface area (Å²) in [4.78, 5) is 0. The highest BCUT2D eigenvalue weighted by molar-refractivity contribution is 5.35. The van der Waals surface area contributed by atoms with E-state index >= 15 is 0 Å². The molecule has 21 heavy (non-hydrogen) atoms. The first kappa shape index (κ1) is 15.5. The predicted molar refractivity (Wildman–Crippen MR) is 81.3 cm³/mol. The molecule has 0 spiro atoms. The number of methoxy groups -OCH3 is 1. The summed E-state index contributed by atoms with van der Waals surface area (Å²) in [6.45, 7) is 1.18. The molecule has 2 rings (SSSR count). The van der Waals surface area contributed by atoms with Gasteiger partial charge in [0, 0.05) is 7.11 Å². The van der Waals surface area contributed by atoms with Crippen molar-refractivity contribution in [2.24, 2.45) is 5.73 Å². The molecule has 112 valence electrons. The van der Waals surface area contributed by atoms with Crippen LogP contribution in [0.1, 0.15) is 11.1 Å². The molecule has 0 heterocycles. The lowest BCUT2D eigenvalue weighted by Crippen LogP contribution is -2.03. The van der Waals surface area contributed by atoms with E-state index in [4.69, 9.17) is 15.2 Å². The number of hydrogen-bond donors (Lipinski definition) is 1. The fourth-order valence-electron chi connectivity index (χ4n) is 2.02. The summed E-state index contributed by atoms with van der Waals surface area (Å²) in [7, 11) is 1.68. The van der Waals surface area contributed by atoms with Crippen LogP contribution in [0.3, 0.4) is 0 Å². The van der Waals surface area contributed by atoms with Crippen LogP contribution in [0, 0.1) is 5.82 Å². The molecule has 2 aromatic rings. The quantitative estimate of drug-likeness (QED) is 0.850. The van der Waals surface area contributed by atoms with Gasteiger partial charge in [0.2, 0.25) is 0 Å². The fourth-order valence-corrected chi connectivity index (χ4v) is 2.02. The summed E-state index contributed by atoms with van der Waals surface area (Å²) in [6.07, 6.45) is 1.50. The molecule has 0 bridgehead atoms. The standard InChI is InChI=1S/C17H20FNO2/c1-20-11-9-13-2-5-15(6-3-13)21-17-7-4-14(8-10-19)12-16(17)18/h2-7,12H,8-11,19H2,1H3. The van der Waals surface area contributed by atoms with Gasteiger partial charge in [-0.25, -0.2) is 4.39 Å². The molecule has 0 unspecified atom stereocenters. The van der Waals surface area contributed by atoms with Crippen molar-refractivity contribution in [3.05, 3.63) is 59.4 Å². The Labute approximate surface area is 124 Å². The maximum Gasteiger partial charge on any atom is 0.165 e. The summed E-state index contributed by atoms with van der Waals surface area (Å²) >= 11 is 0. The Hall–Kier alpha value is -1.91. The average molecular weight is 289 g/mol. The summed E-state index contributed by atoms with van der Waals surface area (Å²) in [5.74, 6) is 0.464. The van der Waals surface area contributed by atoms with Gasteiger partial charge in [-0.1, -0.05) is 18.2 Å². The lowest BCUT2D eigenvalue weighted by molar-refractivity contribution is 0.202. The number of benzene rings is 2. The molecule has 0 radical (unpaired) electrons. The third kappa shape index (κ3) is 4.55. The smallest absolute Gasteiger partial charge is 0.165 e. The van der Waals surface area contributed by atoms with Gasteiger partial charge in [-0.05, 0) is 54.8 Å². The summed E-state index contributed by atoms with van der Waals surface area (Å²) in [6, 6.07) is 12.5. The lowest BCUT2D eigenvalue weighted by atomic mass is 10.1. The maximum atomic E-state index is 13.9. The molecule has 2 N–H and O–H groups in total. The second-order valence-corrected chi connectivity index (χ2v) is 4.79. The van der Waals surface area contributed by atoms with E-state index in [-0.39, 0.29) is 11.6 Å². The Morgan fingerprint density at radius 3 is 2.33 bits per heavy atom. The van der Waals surface area contributed by atoms with E-state index in [0.29, 0.717) is 25.3 Å². The topological polar surface area (TPSA) is 44.5 Å². The van der Waals surface area contributed by atoms with Crippen molar-refractivity contribution in [3.63, 3.8) is 0 Å². The van der Waals surface area contributed by atoms with Gasteiger partial charge < -0.3 is 15.2 Å². The van der Waals surface area contributed by atoms with Crippen molar-refractivity contribution in [1.82, 2.24) is 0 Å². The number of ether oxygens (including phenoxy) is 2. The van der Waals surface area contributed by atoms with Crippen LogP contribution in [0.5, 0.6) is 11.5 Å². The van der Waals surface area contributed by atoms with Crippen molar-refractivity contribution in [3.8, 4) is 11.5 Å². The molecule has 0 aromatic heterocycles. The van der Waals surface area contributed by atoms with Crippen LogP contribution in [0.4, 0.5) is 4.39 Å². The SMILES string of the molecule is COCCc1ccc(Oc2ccc(CCN)cc2F)cc1. The molecular formula is C17H20FNO2. The average Bonchev–Trinajstić information content (AvgIpc) is 2.49. The normalized spacial score (nSPS) is 10.6. The van der Waals surface area contributed by atoms with E-state index < -0.39 is 0 Å². The number of nitrogens with two attached hydrogens (primary N) is 1. The van der Waals surface area contributed by atoms with Crippen molar-refractivity contribution in [2.75, 3.05) is 20.3 Å². The van der Waals surface area contributed by atoms with Crippen molar-refractivity contribution >= 4 is 0 Å². The molecule has 0 saturated heterocycles. The first-order chi connectivity index (χ1) is 10.2. The van der Waals surface area contributed by atoms with Crippen molar-refractivity contribution in [2.45, 2.75) is 12.8 Å². The zero-order valence-electron chi connectivity index (χ0n) is 12.1. The van der Waals surface area contributed by atoms with Gasteiger partial charge in [0.1, 0.15) is 5.75 Å². The summed E-state index contributed by atoms with van der Waals surface area (Å²) < 4.78 is 24.5. The van der Waals surface area contributed by atoms with E-state index in [1.54, 1.807) is 13.2 Å². The molecule has 0 aliphatic rings. The van der Waals surface area contributed by atoms with Crippen LogP contribution < -0.4 is 10.5 Å². The molecule has 3 nitrogen and oxygen atoms in total. The summed E-state index contributed by atoms with van der Waals surface area (Å²) in [5, 5.41) is 0. The molecule has 0 aliphatic heterocycles. The first-order valence-electron chi connectivity index (χ1n) is 6.97. The number of halogens is 1. The van der Waals surface area contributed by atoms with Gasteiger partial charge in [0.15, 0.2) is 11.6 Å². The molecule has 0 atom stereocenters. The molecule has 2 aromatic carbocycles. The van der Waals surface area contributed by atoms with Crippen LogP contribution in [0.15, 0.2) is 42.5 Å². The Balaban J connectivity index is 2.04. The van der Waals surface area contributed by atoms with Crippen LogP contribution in [-0.2, 0) is 17.6 Å². The lowest BCUT2D eigenvalue weighted by Gasteiger charge is -2.09. The van der Waals surface area contributed by atoms with Gasteiger partial charge in [-0.15, -0.1) is 0 Å². The van der Waals surface area contributed by atoms with Gasteiger partial charge >= 0.3 is 0 Å². The van der Waals surface area contributed by atoms with Crippen LogP contribution in [0.25, 0.3) is 0 Å². The maximum absolute atomic E-state index is 13.9. The highest BCUT2D eigenvalue weighted by atomic mass is 19.1. The zero-order chi connectivity index (χ0) is 15.1. The summed E-state index contributed by atoms with van der Waals surface area (Å²) in [5.41, 5.74) is 7.49. The largest absolute Gasteiger partial charge is 0.454 e.